The summed E-state index contributed by atoms with van der Waals surface area (Å²) < 4.78 is 5.76. The van der Waals surface area contributed by atoms with Gasteiger partial charge in [0.2, 0.25) is 0 Å². The molecule has 0 bridgehead atoms. The van der Waals surface area contributed by atoms with Gasteiger partial charge in [-0.3, -0.25) is 4.90 Å². The Morgan fingerprint density at radius 1 is 1.42 bits per heavy atom. The van der Waals surface area contributed by atoms with Crippen molar-refractivity contribution in [1.82, 2.24) is 10.2 Å². The van der Waals surface area contributed by atoms with Gasteiger partial charge in [0.05, 0.1) is 6.61 Å². The molecule has 0 heterocycles. The Balaban J connectivity index is 2.18. The maximum atomic E-state index is 5.76. The Labute approximate surface area is 116 Å². The smallest absolute Gasteiger partial charge is 0.123 e. The lowest BCUT2D eigenvalue weighted by molar-refractivity contribution is 0.296. The summed E-state index contributed by atoms with van der Waals surface area (Å²) in [4.78, 5) is 2.44. The summed E-state index contributed by atoms with van der Waals surface area (Å²) in [6.07, 6.45) is 2.68. The number of benzene rings is 1. The van der Waals surface area contributed by atoms with Crippen LogP contribution in [0, 0.1) is 0 Å². The number of rotatable bonds is 7. The lowest BCUT2D eigenvalue weighted by atomic mass is 10.0. The van der Waals surface area contributed by atoms with Crippen LogP contribution >= 0.6 is 0 Å². The minimum Gasteiger partial charge on any atom is -0.494 e. The summed E-state index contributed by atoms with van der Waals surface area (Å²) in [7, 11) is 4.21. The molecule has 1 aromatic rings. The quantitative estimate of drug-likeness (QED) is 0.817. The van der Waals surface area contributed by atoms with Gasteiger partial charge < -0.3 is 10.1 Å². The summed E-state index contributed by atoms with van der Waals surface area (Å²) >= 11 is 0. The third-order valence-electron chi connectivity index (χ3n) is 3.91. The highest BCUT2D eigenvalue weighted by molar-refractivity contribution is 5.38. The molecule has 0 aliphatic heterocycles. The van der Waals surface area contributed by atoms with Gasteiger partial charge in [0.15, 0.2) is 0 Å². The molecule has 1 unspecified atom stereocenters. The number of hydrogen-bond acceptors (Lipinski definition) is 3. The molecule has 19 heavy (non-hydrogen) atoms. The highest BCUT2D eigenvalue weighted by atomic mass is 16.5. The third-order valence-corrected chi connectivity index (χ3v) is 3.91. The van der Waals surface area contributed by atoms with E-state index in [1.165, 1.54) is 24.0 Å². The Morgan fingerprint density at radius 2 is 2.16 bits per heavy atom. The van der Waals surface area contributed by atoms with Crippen LogP contribution < -0.4 is 10.1 Å². The van der Waals surface area contributed by atoms with Crippen LogP contribution in [0.25, 0.3) is 0 Å². The fourth-order valence-corrected chi connectivity index (χ4v) is 2.37. The molecule has 0 spiro atoms. The van der Waals surface area contributed by atoms with Gasteiger partial charge in [0, 0.05) is 24.2 Å². The van der Waals surface area contributed by atoms with Crippen LogP contribution in [-0.4, -0.2) is 31.6 Å². The van der Waals surface area contributed by atoms with Gasteiger partial charge in [-0.05, 0) is 58.5 Å². The van der Waals surface area contributed by atoms with Crippen molar-refractivity contribution in [3.8, 4) is 5.75 Å². The number of nitrogens with one attached hydrogen (secondary N) is 1. The van der Waals surface area contributed by atoms with E-state index in [-0.39, 0.29) is 0 Å². The zero-order valence-corrected chi connectivity index (χ0v) is 12.6. The van der Waals surface area contributed by atoms with Crippen molar-refractivity contribution in [2.24, 2.45) is 0 Å². The average molecular weight is 262 g/mol. The summed E-state index contributed by atoms with van der Waals surface area (Å²) in [6, 6.07) is 7.71. The minimum absolute atomic E-state index is 0.376. The first-order valence-corrected chi connectivity index (χ1v) is 7.28. The van der Waals surface area contributed by atoms with E-state index >= 15 is 0 Å². The van der Waals surface area contributed by atoms with Crippen LogP contribution in [0.3, 0.4) is 0 Å². The Bertz CT molecular complexity index is 415. The van der Waals surface area contributed by atoms with Crippen molar-refractivity contribution < 1.29 is 4.74 Å². The lowest BCUT2D eigenvalue weighted by Crippen LogP contribution is -2.21. The fraction of sp³-hybridized carbons (Fsp3) is 0.625. The van der Waals surface area contributed by atoms with Crippen LogP contribution in [0.1, 0.15) is 43.9 Å². The van der Waals surface area contributed by atoms with Gasteiger partial charge in [0.1, 0.15) is 5.75 Å². The van der Waals surface area contributed by atoms with Gasteiger partial charge in [-0.15, -0.1) is 0 Å². The van der Waals surface area contributed by atoms with E-state index in [4.69, 9.17) is 4.74 Å². The molecule has 1 N–H and O–H groups in total. The standard InChI is InChI=1S/C16H26N2O/c1-5-19-16-9-6-13(12(2)17-3)10-14(16)11-18(4)15-7-8-15/h6,9-10,12,15,17H,5,7-8,11H2,1-4H3. The Hall–Kier alpha value is -1.06. The molecule has 106 valence electrons. The molecule has 0 saturated heterocycles. The Morgan fingerprint density at radius 3 is 2.74 bits per heavy atom. The molecule has 0 aromatic heterocycles. The van der Waals surface area contributed by atoms with Crippen LogP contribution in [0.2, 0.25) is 0 Å². The highest BCUT2D eigenvalue weighted by Crippen LogP contribution is 2.30. The SMILES string of the molecule is CCOc1ccc(C(C)NC)cc1CN(C)C1CC1. The number of ether oxygens (including phenoxy) is 1. The van der Waals surface area contributed by atoms with Crippen molar-refractivity contribution in [2.45, 2.75) is 45.3 Å². The average Bonchev–Trinajstić information content (AvgIpc) is 3.24. The second kappa shape index (κ2) is 6.40. The second-order valence-electron chi connectivity index (χ2n) is 5.46. The number of nitrogens with zero attached hydrogens (tertiary/aromatic N) is 1. The van der Waals surface area contributed by atoms with Crippen molar-refractivity contribution in [2.75, 3.05) is 20.7 Å². The topological polar surface area (TPSA) is 24.5 Å². The second-order valence-corrected chi connectivity index (χ2v) is 5.46. The predicted molar refractivity (Wildman–Crippen MR) is 79.6 cm³/mol. The first-order chi connectivity index (χ1) is 9.15. The molecule has 1 aliphatic rings. The monoisotopic (exact) mass is 262 g/mol. The van der Waals surface area contributed by atoms with Crippen LogP contribution in [0.5, 0.6) is 5.75 Å². The van der Waals surface area contributed by atoms with Gasteiger partial charge in [-0.1, -0.05) is 6.07 Å². The summed E-state index contributed by atoms with van der Waals surface area (Å²) in [5, 5.41) is 3.29. The van der Waals surface area contributed by atoms with Crippen molar-refractivity contribution in [1.29, 1.82) is 0 Å². The normalized spacial score (nSPS) is 16.7. The minimum atomic E-state index is 0.376. The molecule has 3 nitrogen and oxygen atoms in total. The molecule has 0 radical (unpaired) electrons. The highest BCUT2D eigenvalue weighted by Gasteiger charge is 2.26. The summed E-state index contributed by atoms with van der Waals surface area (Å²) in [5.41, 5.74) is 2.63. The van der Waals surface area contributed by atoms with Gasteiger partial charge >= 0.3 is 0 Å². The first kappa shape index (κ1) is 14.4. The van der Waals surface area contributed by atoms with Gasteiger partial charge in [-0.25, -0.2) is 0 Å². The van der Waals surface area contributed by atoms with Crippen molar-refractivity contribution in [3.05, 3.63) is 29.3 Å². The van der Waals surface area contributed by atoms with Crippen LogP contribution in [-0.2, 0) is 6.54 Å². The van der Waals surface area contributed by atoms with Gasteiger partial charge in [-0.2, -0.15) is 0 Å². The molecular formula is C16H26N2O. The van der Waals surface area contributed by atoms with E-state index in [1.54, 1.807) is 0 Å². The molecule has 1 atom stereocenters. The summed E-state index contributed by atoms with van der Waals surface area (Å²) in [5.74, 6) is 1.03. The molecule has 3 heteroatoms. The van der Waals surface area contributed by atoms with Crippen LogP contribution in [0.4, 0.5) is 0 Å². The van der Waals surface area contributed by atoms with E-state index in [2.05, 4.69) is 42.4 Å². The Kier molecular flexibility index (Phi) is 4.83. The zero-order chi connectivity index (χ0) is 13.8. The molecule has 1 saturated carbocycles. The maximum absolute atomic E-state index is 5.76. The molecule has 1 fully saturated rings. The van der Waals surface area contributed by atoms with Crippen molar-refractivity contribution >= 4 is 0 Å². The maximum Gasteiger partial charge on any atom is 0.123 e. The number of hydrogen-bond donors (Lipinski definition) is 1. The molecule has 1 aromatic carbocycles. The van der Waals surface area contributed by atoms with Crippen LogP contribution in [0.15, 0.2) is 18.2 Å². The molecule has 2 rings (SSSR count). The zero-order valence-electron chi connectivity index (χ0n) is 12.6. The third kappa shape index (κ3) is 3.71. The largest absolute Gasteiger partial charge is 0.494 e. The summed E-state index contributed by atoms with van der Waals surface area (Å²) in [6.45, 7) is 5.92. The molecule has 1 aliphatic carbocycles. The molecule has 0 amide bonds. The van der Waals surface area contributed by atoms with E-state index in [9.17, 15) is 0 Å². The van der Waals surface area contributed by atoms with Gasteiger partial charge in [0.25, 0.3) is 0 Å². The fourth-order valence-electron chi connectivity index (χ4n) is 2.37. The molecular weight excluding hydrogens is 236 g/mol. The van der Waals surface area contributed by atoms with Crippen molar-refractivity contribution in [3.63, 3.8) is 0 Å². The van der Waals surface area contributed by atoms with E-state index < -0.39 is 0 Å². The van der Waals surface area contributed by atoms with E-state index in [0.29, 0.717) is 6.04 Å². The lowest BCUT2D eigenvalue weighted by Gasteiger charge is -2.20. The van der Waals surface area contributed by atoms with E-state index in [1.807, 2.05) is 14.0 Å². The van der Waals surface area contributed by atoms with E-state index in [0.717, 1.165) is 24.9 Å². The first-order valence-electron chi connectivity index (χ1n) is 7.28. The predicted octanol–water partition coefficient (Wildman–Crippen LogP) is 2.96.